The molecule has 2 rings (SSSR count). The second-order valence-corrected chi connectivity index (χ2v) is 5.76. The van der Waals surface area contributed by atoms with Crippen molar-refractivity contribution in [3.63, 3.8) is 0 Å². The normalized spacial score (nSPS) is 18.0. The molecule has 108 valence electrons. The van der Waals surface area contributed by atoms with E-state index in [1.54, 1.807) is 0 Å². The van der Waals surface area contributed by atoms with Crippen molar-refractivity contribution in [3.05, 3.63) is 5.69 Å². The molecule has 1 aromatic heterocycles. The number of aryl methyl sites for hydroxylation is 2. The molecule has 0 aromatic carbocycles. The first-order valence-corrected chi connectivity index (χ1v) is 7.81. The van der Waals surface area contributed by atoms with Crippen LogP contribution >= 0.6 is 0 Å². The molecule has 0 unspecified atom stereocenters. The highest BCUT2D eigenvalue weighted by atomic mass is 15.3. The Morgan fingerprint density at radius 2 is 1.84 bits per heavy atom. The van der Waals surface area contributed by atoms with E-state index < -0.39 is 0 Å². The lowest BCUT2D eigenvalue weighted by atomic mass is 9.97. The predicted octanol–water partition coefficient (Wildman–Crippen LogP) is 3.71. The maximum Gasteiger partial charge on any atom is 0.148 e. The lowest BCUT2D eigenvalue weighted by Gasteiger charge is -2.22. The Balaban J connectivity index is 2.07. The average Bonchev–Trinajstić information content (AvgIpc) is 2.60. The Bertz CT molecular complexity index is 389. The van der Waals surface area contributed by atoms with E-state index in [-0.39, 0.29) is 0 Å². The van der Waals surface area contributed by atoms with Gasteiger partial charge in [-0.05, 0) is 26.2 Å². The van der Waals surface area contributed by atoms with Gasteiger partial charge >= 0.3 is 0 Å². The number of aromatic nitrogens is 2. The van der Waals surface area contributed by atoms with Crippen LogP contribution in [0.4, 0.5) is 11.5 Å². The SMILES string of the molecule is CCCn1nc(C)c(N)c1NC1CCCCCCC1. The van der Waals surface area contributed by atoms with Crippen LogP contribution in [0.15, 0.2) is 0 Å². The Labute approximate surface area is 116 Å². The van der Waals surface area contributed by atoms with Gasteiger partial charge in [0.15, 0.2) is 0 Å². The minimum absolute atomic E-state index is 0.564. The Morgan fingerprint density at radius 3 is 2.47 bits per heavy atom. The van der Waals surface area contributed by atoms with Gasteiger partial charge in [0, 0.05) is 12.6 Å². The van der Waals surface area contributed by atoms with Gasteiger partial charge in [0.05, 0.1) is 11.4 Å². The van der Waals surface area contributed by atoms with Gasteiger partial charge in [-0.2, -0.15) is 5.10 Å². The molecule has 19 heavy (non-hydrogen) atoms. The fourth-order valence-electron chi connectivity index (χ4n) is 2.92. The maximum atomic E-state index is 6.17. The summed E-state index contributed by atoms with van der Waals surface area (Å²) in [6.07, 6.45) is 10.4. The quantitative estimate of drug-likeness (QED) is 0.871. The smallest absolute Gasteiger partial charge is 0.148 e. The van der Waals surface area contributed by atoms with Crippen molar-refractivity contribution in [2.75, 3.05) is 11.1 Å². The van der Waals surface area contributed by atoms with Crippen molar-refractivity contribution in [1.82, 2.24) is 9.78 Å². The van der Waals surface area contributed by atoms with Crippen molar-refractivity contribution in [2.45, 2.75) is 77.8 Å². The molecule has 0 radical (unpaired) electrons. The zero-order valence-corrected chi connectivity index (χ0v) is 12.4. The first-order chi connectivity index (χ1) is 9.22. The number of nitrogen functional groups attached to an aromatic ring is 1. The van der Waals surface area contributed by atoms with Gasteiger partial charge in [0.2, 0.25) is 0 Å². The lowest BCUT2D eigenvalue weighted by molar-refractivity contribution is 0.467. The van der Waals surface area contributed by atoms with Crippen molar-refractivity contribution in [2.24, 2.45) is 0 Å². The maximum absolute atomic E-state index is 6.17. The third kappa shape index (κ3) is 3.64. The minimum atomic E-state index is 0.564. The first kappa shape index (κ1) is 14.2. The molecule has 0 amide bonds. The van der Waals surface area contributed by atoms with Crippen molar-refractivity contribution in [3.8, 4) is 0 Å². The van der Waals surface area contributed by atoms with Gasteiger partial charge < -0.3 is 11.1 Å². The summed E-state index contributed by atoms with van der Waals surface area (Å²) >= 11 is 0. The van der Waals surface area contributed by atoms with Crippen LogP contribution in [0.5, 0.6) is 0 Å². The Kier molecular flexibility index (Phi) is 5.11. The van der Waals surface area contributed by atoms with Crippen LogP contribution in [0.25, 0.3) is 0 Å². The summed E-state index contributed by atoms with van der Waals surface area (Å²) < 4.78 is 2.05. The summed E-state index contributed by atoms with van der Waals surface area (Å²) in [5, 5.41) is 8.20. The highest BCUT2D eigenvalue weighted by Gasteiger charge is 2.17. The van der Waals surface area contributed by atoms with E-state index in [1.165, 1.54) is 44.9 Å². The van der Waals surface area contributed by atoms with Crippen LogP contribution in [-0.2, 0) is 6.54 Å². The van der Waals surface area contributed by atoms with Crippen LogP contribution in [0.3, 0.4) is 0 Å². The summed E-state index contributed by atoms with van der Waals surface area (Å²) in [7, 11) is 0. The zero-order valence-electron chi connectivity index (χ0n) is 12.4. The molecule has 1 aliphatic rings. The number of nitrogens with one attached hydrogen (secondary N) is 1. The van der Waals surface area contributed by atoms with Gasteiger partial charge in [-0.1, -0.05) is 39.0 Å². The number of rotatable bonds is 4. The highest BCUT2D eigenvalue weighted by molar-refractivity contribution is 5.65. The van der Waals surface area contributed by atoms with Crippen LogP contribution in [0, 0.1) is 6.92 Å². The second kappa shape index (κ2) is 6.83. The molecular weight excluding hydrogens is 236 g/mol. The van der Waals surface area contributed by atoms with E-state index >= 15 is 0 Å². The standard InChI is InChI=1S/C15H28N4/c1-3-11-19-15(14(16)12(2)18-19)17-13-9-7-5-4-6-8-10-13/h13,17H,3-11,16H2,1-2H3. The summed E-state index contributed by atoms with van der Waals surface area (Å²) in [6.45, 7) is 5.10. The van der Waals surface area contributed by atoms with E-state index in [0.717, 1.165) is 30.2 Å². The number of hydrogen-bond donors (Lipinski definition) is 2. The molecule has 0 aliphatic heterocycles. The minimum Gasteiger partial charge on any atom is -0.394 e. The number of nitrogens with two attached hydrogens (primary N) is 1. The summed E-state index contributed by atoms with van der Waals surface area (Å²) in [4.78, 5) is 0. The topological polar surface area (TPSA) is 55.9 Å². The molecule has 1 aromatic rings. The van der Waals surface area contributed by atoms with Gasteiger partial charge in [-0.3, -0.25) is 0 Å². The van der Waals surface area contributed by atoms with Crippen LogP contribution in [-0.4, -0.2) is 15.8 Å². The summed E-state index contributed by atoms with van der Waals surface area (Å²) in [5.41, 5.74) is 7.95. The van der Waals surface area contributed by atoms with Crippen LogP contribution in [0.2, 0.25) is 0 Å². The fraction of sp³-hybridized carbons (Fsp3) is 0.800. The van der Waals surface area contributed by atoms with Crippen molar-refractivity contribution < 1.29 is 0 Å². The lowest BCUT2D eigenvalue weighted by Crippen LogP contribution is -2.23. The van der Waals surface area contributed by atoms with Crippen molar-refractivity contribution >= 4 is 11.5 Å². The molecule has 1 saturated carbocycles. The van der Waals surface area contributed by atoms with E-state index in [4.69, 9.17) is 5.73 Å². The number of hydrogen-bond acceptors (Lipinski definition) is 3. The third-order valence-electron chi connectivity index (χ3n) is 4.06. The molecule has 4 nitrogen and oxygen atoms in total. The zero-order chi connectivity index (χ0) is 13.7. The predicted molar refractivity (Wildman–Crippen MR) is 81.4 cm³/mol. The molecular formula is C15H28N4. The Hall–Kier alpha value is -1.19. The third-order valence-corrected chi connectivity index (χ3v) is 4.06. The largest absolute Gasteiger partial charge is 0.394 e. The van der Waals surface area contributed by atoms with Gasteiger partial charge in [0.25, 0.3) is 0 Å². The molecule has 1 aliphatic carbocycles. The van der Waals surface area contributed by atoms with E-state index in [0.29, 0.717) is 6.04 Å². The fourth-order valence-corrected chi connectivity index (χ4v) is 2.92. The average molecular weight is 264 g/mol. The Morgan fingerprint density at radius 1 is 1.21 bits per heavy atom. The highest BCUT2D eigenvalue weighted by Crippen LogP contribution is 2.26. The summed E-state index contributed by atoms with van der Waals surface area (Å²) in [6, 6.07) is 0.564. The number of anilines is 2. The molecule has 0 saturated heterocycles. The molecule has 0 atom stereocenters. The molecule has 4 heteroatoms. The van der Waals surface area contributed by atoms with Crippen molar-refractivity contribution in [1.29, 1.82) is 0 Å². The van der Waals surface area contributed by atoms with Crippen LogP contribution in [0.1, 0.15) is 64.0 Å². The second-order valence-electron chi connectivity index (χ2n) is 5.76. The van der Waals surface area contributed by atoms with Gasteiger partial charge in [0.1, 0.15) is 5.82 Å². The van der Waals surface area contributed by atoms with E-state index in [1.807, 2.05) is 11.6 Å². The van der Waals surface area contributed by atoms with Gasteiger partial charge in [-0.15, -0.1) is 0 Å². The van der Waals surface area contributed by atoms with Crippen LogP contribution < -0.4 is 11.1 Å². The molecule has 1 heterocycles. The number of nitrogens with zero attached hydrogens (tertiary/aromatic N) is 2. The van der Waals surface area contributed by atoms with E-state index in [2.05, 4.69) is 17.3 Å². The first-order valence-electron chi connectivity index (χ1n) is 7.81. The monoisotopic (exact) mass is 264 g/mol. The molecule has 3 N–H and O–H groups in total. The molecule has 0 bridgehead atoms. The summed E-state index contributed by atoms with van der Waals surface area (Å²) in [5.74, 6) is 1.05. The molecule has 0 spiro atoms. The molecule has 1 fully saturated rings. The van der Waals surface area contributed by atoms with E-state index in [9.17, 15) is 0 Å². The van der Waals surface area contributed by atoms with Gasteiger partial charge in [-0.25, -0.2) is 4.68 Å².